The van der Waals surface area contributed by atoms with Crippen molar-refractivity contribution >= 4 is 56.9 Å². The highest BCUT2D eigenvalue weighted by molar-refractivity contribution is 8.76. The molecule has 2 aliphatic carbocycles. The zero-order valence-electron chi connectivity index (χ0n) is 37.0. The Labute approximate surface area is 389 Å². The number of fused-ring (bicyclic) bond motifs is 6. The van der Waals surface area contributed by atoms with E-state index in [4.69, 9.17) is 39.9 Å². The van der Waals surface area contributed by atoms with Crippen LogP contribution in [0.25, 0.3) is 22.3 Å². The van der Waals surface area contributed by atoms with Crippen molar-refractivity contribution in [2.75, 3.05) is 66.7 Å². The molecule has 0 radical (unpaired) electrons. The Morgan fingerprint density at radius 3 is 1.30 bits per heavy atom. The van der Waals surface area contributed by atoms with Crippen LogP contribution in [-0.2, 0) is 22.4 Å². The largest absolute Gasteiger partial charge is 0.493 e. The minimum absolute atomic E-state index is 0.170. The van der Waals surface area contributed by atoms with Gasteiger partial charge in [-0.05, 0) is 108 Å². The maximum atomic E-state index is 13.7. The van der Waals surface area contributed by atoms with Crippen molar-refractivity contribution < 1.29 is 38.0 Å². The standard InChI is InChI=1S/C46H54N4O10S4/c1-55-35-17-23-9-13-31(27-19-33(51)37(61-7)15-11-25(27)39(23)43(59-5)41(35)57-3)49-45(53)29(47)21-63-64-22-30(48)46(54)50-32-14-10-24-18-36(56-2)42(58-4)44(60-6)40(24)26-12-16-38(62-8)34(52)20-28(26)32/h11-12,15-20,29-32H,9-10,13-14,21-22,47-48H2,1-8H3,(H,49,53)(H,50,54)/t29-,30-,31-,32-/m0/s1. The molecule has 6 rings (SSSR count). The Bertz CT molecular complexity index is 2360. The van der Waals surface area contributed by atoms with Gasteiger partial charge in [0.15, 0.2) is 33.9 Å². The molecule has 0 heterocycles. The van der Waals surface area contributed by atoms with Gasteiger partial charge in [-0.2, -0.15) is 0 Å². The molecule has 4 aromatic carbocycles. The van der Waals surface area contributed by atoms with E-state index in [1.807, 2.05) is 36.8 Å². The zero-order valence-corrected chi connectivity index (χ0v) is 40.3. The molecule has 342 valence electrons. The third-order valence-electron chi connectivity index (χ3n) is 11.3. The highest BCUT2D eigenvalue weighted by Crippen LogP contribution is 2.52. The van der Waals surface area contributed by atoms with Gasteiger partial charge in [0, 0.05) is 22.6 Å². The Morgan fingerprint density at radius 1 is 0.594 bits per heavy atom. The first-order valence-corrected chi connectivity index (χ1v) is 25.3. The van der Waals surface area contributed by atoms with Crippen LogP contribution in [0, 0.1) is 0 Å². The predicted molar refractivity (Wildman–Crippen MR) is 258 cm³/mol. The van der Waals surface area contributed by atoms with E-state index in [1.165, 1.54) is 59.3 Å². The molecule has 0 saturated heterocycles. The van der Waals surface area contributed by atoms with Gasteiger partial charge in [-0.25, -0.2) is 0 Å². The normalized spacial score (nSPS) is 15.9. The van der Waals surface area contributed by atoms with E-state index in [-0.39, 0.29) is 22.4 Å². The molecule has 6 N–H and O–H groups in total. The molecule has 4 atom stereocenters. The Morgan fingerprint density at radius 2 is 0.969 bits per heavy atom. The highest BCUT2D eigenvalue weighted by atomic mass is 33.1. The average molecular weight is 951 g/mol. The van der Waals surface area contributed by atoms with Crippen molar-refractivity contribution in [2.45, 2.75) is 59.6 Å². The number of hydrogen-bond acceptors (Lipinski definition) is 16. The molecule has 14 nitrogen and oxygen atoms in total. The summed E-state index contributed by atoms with van der Waals surface area (Å²) in [6.07, 6.45) is 5.69. The first-order chi connectivity index (χ1) is 30.9. The number of benzene rings is 2. The maximum Gasteiger partial charge on any atom is 0.238 e. The Balaban J connectivity index is 1.14. The highest BCUT2D eigenvalue weighted by Gasteiger charge is 2.33. The van der Waals surface area contributed by atoms with Crippen molar-refractivity contribution in [2.24, 2.45) is 11.5 Å². The van der Waals surface area contributed by atoms with Crippen molar-refractivity contribution in [1.82, 2.24) is 10.6 Å². The van der Waals surface area contributed by atoms with Gasteiger partial charge in [-0.1, -0.05) is 33.7 Å². The smallest absolute Gasteiger partial charge is 0.238 e. The van der Waals surface area contributed by atoms with Crippen molar-refractivity contribution in [3.05, 3.63) is 91.2 Å². The lowest BCUT2D eigenvalue weighted by atomic mass is 9.95. The third kappa shape index (κ3) is 10.1. The SMILES string of the molecule is COc1cc2c(c(OC)c1OC)-c1ccc(SC)c(=O)cc1[C@@H](NC(=O)[C@@H](N)CSSC[C@H](N)C(=O)N[C@H]1CCc3cc(OC)c(OC)c(OC)c3-c3ccc(SC)c(=O)cc31)CC2. The van der Waals surface area contributed by atoms with E-state index in [1.54, 1.807) is 52.7 Å². The number of amides is 2. The van der Waals surface area contributed by atoms with Gasteiger partial charge in [-0.15, -0.1) is 23.5 Å². The van der Waals surface area contributed by atoms with E-state index in [0.29, 0.717) is 81.1 Å². The summed E-state index contributed by atoms with van der Waals surface area (Å²) in [7, 11) is 12.0. The topological polar surface area (TPSA) is 200 Å². The van der Waals surface area contributed by atoms with E-state index in [2.05, 4.69) is 10.6 Å². The van der Waals surface area contributed by atoms with Crippen LogP contribution in [0.4, 0.5) is 0 Å². The summed E-state index contributed by atoms with van der Waals surface area (Å²) in [4.78, 5) is 55.4. The van der Waals surface area contributed by atoms with Gasteiger partial charge in [0.05, 0.1) is 76.6 Å². The first kappa shape index (κ1) is 48.7. The number of ether oxygens (including phenoxy) is 6. The number of thioether (sulfide) groups is 2. The van der Waals surface area contributed by atoms with Crippen LogP contribution in [0.1, 0.15) is 47.2 Å². The molecule has 0 aromatic heterocycles. The lowest BCUT2D eigenvalue weighted by molar-refractivity contribution is -0.123. The quantitative estimate of drug-likeness (QED) is 0.0531. The number of methoxy groups -OCH3 is 6. The summed E-state index contributed by atoms with van der Waals surface area (Å²) in [5, 5.41) is 6.24. The molecular formula is C46H54N4O10S4. The predicted octanol–water partition coefficient (Wildman–Crippen LogP) is 6.18. The van der Waals surface area contributed by atoms with Gasteiger partial charge in [0.25, 0.3) is 0 Å². The van der Waals surface area contributed by atoms with Gasteiger partial charge in [0.2, 0.25) is 23.3 Å². The fraction of sp³-hybridized carbons (Fsp3) is 0.391. The second-order valence-electron chi connectivity index (χ2n) is 14.9. The molecule has 0 spiro atoms. The maximum absolute atomic E-state index is 13.7. The molecule has 0 bridgehead atoms. The molecule has 0 aliphatic heterocycles. The number of rotatable bonds is 17. The molecule has 2 amide bonds. The second-order valence-corrected chi connectivity index (χ2v) is 19.1. The molecule has 0 unspecified atom stereocenters. The van der Waals surface area contributed by atoms with E-state index >= 15 is 0 Å². The average Bonchev–Trinajstić information content (AvgIpc) is 3.70. The summed E-state index contributed by atoms with van der Waals surface area (Å²) < 4.78 is 34.5. The van der Waals surface area contributed by atoms with Crippen LogP contribution in [-0.4, -0.2) is 90.6 Å². The van der Waals surface area contributed by atoms with E-state index in [0.717, 1.165) is 33.4 Å². The Kier molecular flexibility index (Phi) is 16.7. The third-order valence-corrected chi connectivity index (χ3v) is 15.4. The summed E-state index contributed by atoms with van der Waals surface area (Å²) in [5.74, 6) is 2.46. The van der Waals surface area contributed by atoms with Crippen LogP contribution in [0.3, 0.4) is 0 Å². The van der Waals surface area contributed by atoms with Gasteiger partial charge in [0.1, 0.15) is 0 Å². The summed E-state index contributed by atoms with van der Waals surface area (Å²) in [5.41, 5.74) is 18.7. The molecule has 2 aliphatic rings. The molecule has 0 saturated carbocycles. The Hall–Kier alpha value is -4.72. The fourth-order valence-corrected chi connectivity index (χ4v) is 11.4. The summed E-state index contributed by atoms with van der Waals surface area (Å²) in [6, 6.07) is 11.4. The van der Waals surface area contributed by atoms with E-state index in [9.17, 15) is 19.2 Å². The van der Waals surface area contributed by atoms with Crippen molar-refractivity contribution in [3.63, 3.8) is 0 Å². The molecule has 0 fully saturated rings. The van der Waals surface area contributed by atoms with Crippen molar-refractivity contribution in [3.8, 4) is 56.8 Å². The second kappa shape index (κ2) is 22.0. The monoisotopic (exact) mass is 950 g/mol. The summed E-state index contributed by atoms with van der Waals surface area (Å²) in [6.45, 7) is 0. The minimum atomic E-state index is -0.913. The van der Waals surface area contributed by atoms with Crippen LogP contribution >= 0.6 is 45.1 Å². The van der Waals surface area contributed by atoms with Crippen LogP contribution < -0.4 is 61.4 Å². The zero-order chi connectivity index (χ0) is 46.2. The fourth-order valence-electron chi connectivity index (χ4n) is 8.19. The number of nitrogens with two attached hydrogens (primary N) is 2. The number of carbonyl (C=O) groups excluding carboxylic acids is 2. The van der Waals surface area contributed by atoms with Crippen LogP contribution in [0.2, 0.25) is 0 Å². The van der Waals surface area contributed by atoms with Gasteiger partial charge >= 0.3 is 0 Å². The van der Waals surface area contributed by atoms with Crippen LogP contribution in [0.15, 0.2) is 67.9 Å². The molecule has 18 heteroatoms. The lowest BCUT2D eigenvalue weighted by Crippen LogP contribution is -2.44. The van der Waals surface area contributed by atoms with Crippen molar-refractivity contribution in [1.29, 1.82) is 0 Å². The van der Waals surface area contributed by atoms with Gasteiger partial charge < -0.3 is 50.5 Å². The number of carbonyl (C=O) groups is 2. The number of aryl methyl sites for hydroxylation is 2. The first-order valence-electron chi connectivity index (χ1n) is 20.3. The number of nitrogens with one attached hydrogen (secondary N) is 2. The summed E-state index contributed by atoms with van der Waals surface area (Å²) >= 11 is 2.69. The minimum Gasteiger partial charge on any atom is -0.493 e. The molecule has 4 aromatic rings. The van der Waals surface area contributed by atoms with E-state index < -0.39 is 36.0 Å². The molecule has 64 heavy (non-hydrogen) atoms. The van der Waals surface area contributed by atoms with Gasteiger partial charge in [-0.3, -0.25) is 19.2 Å². The van der Waals surface area contributed by atoms with Crippen LogP contribution in [0.5, 0.6) is 34.5 Å². The lowest BCUT2D eigenvalue weighted by Gasteiger charge is -2.22. The number of hydrogen-bond donors (Lipinski definition) is 4. The molecular weight excluding hydrogens is 897 g/mol.